The van der Waals surface area contributed by atoms with E-state index in [1.54, 1.807) is 19.2 Å². The molecule has 0 amide bonds. The number of hydrogen-bond acceptors (Lipinski definition) is 3. The predicted molar refractivity (Wildman–Crippen MR) is 79.4 cm³/mol. The van der Waals surface area contributed by atoms with Crippen LogP contribution in [0.3, 0.4) is 0 Å². The van der Waals surface area contributed by atoms with Gasteiger partial charge < -0.3 is 10.5 Å². The van der Waals surface area contributed by atoms with Crippen molar-refractivity contribution >= 4 is 11.6 Å². The molecule has 20 heavy (non-hydrogen) atoms. The van der Waals surface area contributed by atoms with Crippen molar-refractivity contribution in [3.8, 4) is 0 Å². The van der Waals surface area contributed by atoms with Gasteiger partial charge in [-0.2, -0.15) is 0 Å². The molecule has 3 nitrogen and oxygen atoms in total. The number of rotatable bonds is 4. The highest BCUT2D eigenvalue weighted by atomic mass is 35.5. The number of likely N-dealkylation sites (tertiary alicyclic amines) is 1. The molecule has 1 aliphatic heterocycles. The maximum Gasteiger partial charge on any atom is 0.128 e. The zero-order valence-corrected chi connectivity index (χ0v) is 12.6. The maximum atomic E-state index is 14.2. The fourth-order valence-electron chi connectivity index (χ4n) is 2.89. The minimum atomic E-state index is -0.237. The second-order valence-corrected chi connectivity index (χ2v) is 5.74. The average Bonchev–Trinajstić information content (AvgIpc) is 2.61. The van der Waals surface area contributed by atoms with Gasteiger partial charge in [0.05, 0.1) is 12.6 Å². The van der Waals surface area contributed by atoms with Crippen molar-refractivity contribution in [2.75, 3.05) is 26.8 Å². The third-order valence-electron chi connectivity index (χ3n) is 3.89. The number of benzene rings is 1. The van der Waals surface area contributed by atoms with Crippen LogP contribution in [0.15, 0.2) is 18.2 Å². The quantitative estimate of drug-likeness (QED) is 0.929. The molecular weight excluding hydrogens is 279 g/mol. The van der Waals surface area contributed by atoms with Gasteiger partial charge >= 0.3 is 0 Å². The normalized spacial score (nSPS) is 24.6. The predicted octanol–water partition coefficient (Wildman–Crippen LogP) is 2.98. The molecule has 2 N–H and O–H groups in total. The van der Waals surface area contributed by atoms with E-state index >= 15 is 0 Å². The Hall–Kier alpha value is -0.680. The highest BCUT2D eigenvalue weighted by Crippen LogP contribution is 2.32. The third-order valence-corrected chi connectivity index (χ3v) is 4.13. The summed E-state index contributed by atoms with van der Waals surface area (Å²) in [6.07, 6.45) is 3.06. The van der Waals surface area contributed by atoms with Crippen LogP contribution >= 0.6 is 11.6 Å². The highest BCUT2D eigenvalue weighted by molar-refractivity contribution is 6.30. The first kappa shape index (κ1) is 15.7. The van der Waals surface area contributed by atoms with Crippen LogP contribution in [0.1, 0.15) is 30.9 Å². The van der Waals surface area contributed by atoms with Gasteiger partial charge in [-0.3, -0.25) is 4.90 Å². The van der Waals surface area contributed by atoms with E-state index in [4.69, 9.17) is 22.1 Å². The number of halogens is 2. The summed E-state index contributed by atoms with van der Waals surface area (Å²) in [5.74, 6) is -0.237. The van der Waals surface area contributed by atoms with E-state index in [9.17, 15) is 4.39 Å². The van der Waals surface area contributed by atoms with Gasteiger partial charge in [0.1, 0.15) is 5.82 Å². The Balaban J connectivity index is 2.31. The lowest BCUT2D eigenvalue weighted by atomic mass is 9.96. The molecule has 1 aromatic rings. The Bertz CT molecular complexity index is 444. The fourth-order valence-corrected chi connectivity index (χ4v) is 3.07. The van der Waals surface area contributed by atoms with Crippen LogP contribution in [0, 0.1) is 5.82 Å². The Kier molecular flexibility index (Phi) is 5.78. The molecule has 0 aliphatic carbocycles. The van der Waals surface area contributed by atoms with Crippen molar-refractivity contribution in [1.82, 2.24) is 4.90 Å². The number of methoxy groups -OCH3 is 1. The molecule has 2 atom stereocenters. The first-order valence-corrected chi connectivity index (χ1v) is 7.45. The van der Waals surface area contributed by atoms with Gasteiger partial charge in [0.25, 0.3) is 0 Å². The molecule has 0 spiro atoms. The average molecular weight is 301 g/mol. The molecule has 1 aromatic carbocycles. The monoisotopic (exact) mass is 300 g/mol. The fraction of sp³-hybridized carbons (Fsp3) is 0.600. The SMILES string of the molecule is COCCN1CCCCC(N)C1c1cc(Cl)ccc1F. The van der Waals surface area contributed by atoms with E-state index < -0.39 is 0 Å². The van der Waals surface area contributed by atoms with Gasteiger partial charge in [-0.15, -0.1) is 0 Å². The summed E-state index contributed by atoms with van der Waals surface area (Å²) >= 11 is 6.03. The topological polar surface area (TPSA) is 38.5 Å². The minimum Gasteiger partial charge on any atom is -0.383 e. The van der Waals surface area contributed by atoms with Crippen LogP contribution in [-0.2, 0) is 4.74 Å². The van der Waals surface area contributed by atoms with Crippen LogP contribution in [-0.4, -0.2) is 37.7 Å². The summed E-state index contributed by atoms with van der Waals surface area (Å²) in [6, 6.07) is 4.48. The molecule has 1 aliphatic rings. The van der Waals surface area contributed by atoms with Crippen LogP contribution in [0.2, 0.25) is 5.02 Å². The zero-order chi connectivity index (χ0) is 14.5. The molecule has 0 aromatic heterocycles. The first-order valence-electron chi connectivity index (χ1n) is 7.07. The smallest absolute Gasteiger partial charge is 0.128 e. The third kappa shape index (κ3) is 3.70. The minimum absolute atomic E-state index is 0.0812. The summed E-state index contributed by atoms with van der Waals surface area (Å²) in [7, 11) is 1.67. The van der Waals surface area contributed by atoms with Crippen molar-refractivity contribution in [3.63, 3.8) is 0 Å². The Morgan fingerprint density at radius 1 is 1.45 bits per heavy atom. The van der Waals surface area contributed by atoms with Crippen molar-refractivity contribution in [1.29, 1.82) is 0 Å². The molecule has 5 heteroatoms. The molecule has 2 unspecified atom stereocenters. The van der Waals surface area contributed by atoms with E-state index in [0.717, 1.165) is 32.4 Å². The summed E-state index contributed by atoms with van der Waals surface area (Å²) in [4.78, 5) is 2.22. The van der Waals surface area contributed by atoms with Gasteiger partial charge in [0, 0.05) is 30.3 Å². The lowest BCUT2D eigenvalue weighted by Crippen LogP contribution is -2.41. The van der Waals surface area contributed by atoms with Crippen LogP contribution in [0.5, 0.6) is 0 Å². The number of ether oxygens (including phenoxy) is 1. The van der Waals surface area contributed by atoms with Crippen molar-refractivity contribution in [2.24, 2.45) is 5.73 Å². The van der Waals surface area contributed by atoms with Crippen molar-refractivity contribution < 1.29 is 9.13 Å². The number of hydrogen-bond donors (Lipinski definition) is 1. The summed E-state index contributed by atoms with van der Waals surface area (Å²) in [5.41, 5.74) is 6.90. The molecular formula is C15H22ClFN2O. The van der Waals surface area contributed by atoms with Crippen molar-refractivity contribution in [3.05, 3.63) is 34.6 Å². The number of nitrogens with two attached hydrogens (primary N) is 1. The van der Waals surface area contributed by atoms with E-state index in [2.05, 4.69) is 4.90 Å². The van der Waals surface area contributed by atoms with E-state index in [1.165, 1.54) is 6.07 Å². The van der Waals surface area contributed by atoms with Crippen LogP contribution in [0.4, 0.5) is 4.39 Å². The maximum absolute atomic E-state index is 14.2. The first-order chi connectivity index (χ1) is 9.63. The van der Waals surface area contributed by atoms with E-state index in [1.807, 2.05) is 0 Å². The summed E-state index contributed by atoms with van der Waals surface area (Å²) < 4.78 is 19.3. The second kappa shape index (κ2) is 7.36. The summed E-state index contributed by atoms with van der Waals surface area (Å²) in [5, 5.41) is 0.546. The van der Waals surface area contributed by atoms with E-state index in [-0.39, 0.29) is 17.9 Å². The van der Waals surface area contributed by atoms with Gasteiger partial charge in [0.2, 0.25) is 0 Å². The summed E-state index contributed by atoms with van der Waals surface area (Å²) in [6.45, 7) is 2.28. The molecule has 2 rings (SSSR count). The molecule has 0 radical (unpaired) electrons. The number of nitrogens with zero attached hydrogens (tertiary/aromatic N) is 1. The molecule has 0 bridgehead atoms. The van der Waals surface area contributed by atoms with Crippen LogP contribution < -0.4 is 5.73 Å². The van der Waals surface area contributed by atoms with Gasteiger partial charge in [-0.05, 0) is 37.6 Å². The Labute approximate surface area is 124 Å². The van der Waals surface area contributed by atoms with Crippen molar-refractivity contribution in [2.45, 2.75) is 31.3 Å². The second-order valence-electron chi connectivity index (χ2n) is 5.30. The van der Waals surface area contributed by atoms with Gasteiger partial charge in [0.15, 0.2) is 0 Å². The largest absolute Gasteiger partial charge is 0.383 e. The zero-order valence-electron chi connectivity index (χ0n) is 11.8. The van der Waals surface area contributed by atoms with Crippen LogP contribution in [0.25, 0.3) is 0 Å². The van der Waals surface area contributed by atoms with E-state index in [0.29, 0.717) is 17.2 Å². The molecule has 1 saturated heterocycles. The molecule has 0 saturated carbocycles. The molecule has 1 fully saturated rings. The highest BCUT2D eigenvalue weighted by Gasteiger charge is 2.30. The van der Waals surface area contributed by atoms with Gasteiger partial charge in [-0.25, -0.2) is 4.39 Å². The molecule has 112 valence electrons. The lowest BCUT2D eigenvalue weighted by Gasteiger charge is -2.33. The standard InChI is InChI=1S/C15H22ClFN2O/c1-20-9-8-19-7-3-2-4-14(18)15(19)12-10-11(16)5-6-13(12)17/h5-6,10,14-15H,2-4,7-9,18H2,1H3. The Morgan fingerprint density at radius 3 is 3.00 bits per heavy atom. The Morgan fingerprint density at radius 2 is 2.25 bits per heavy atom. The van der Waals surface area contributed by atoms with Gasteiger partial charge in [-0.1, -0.05) is 18.0 Å². The molecule has 1 heterocycles. The lowest BCUT2D eigenvalue weighted by molar-refractivity contribution is 0.113.